The molecule has 1 aromatic heterocycles. The first-order valence-electron chi connectivity index (χ1n) is 8.85. The van der Waals surface area contributed by atoms with Crippen LogP contribution >= 0.6 is 11.6 Å². The molecule has 0 radical (unpaired) electrons. The standard InChI is InChI=1S/C20H15ClF3N3O4S/c21-15-4-2-1-3-12(15)9-19(28)27-13-5-7-16(17(10-13)32(25,29)30)31-14-6-8-18(26-11-14)20(22,23)24/h1-8,10-11H,9H2,(H,27,28)(H2,25,29,30). The normalized spacial score (nSPS) is 11.8. The Bertz CT molecular complexity index is 1250. The van der Waals surface area contributed by atoms with Crippen LogP contribution in [0.2, 0.25) is 5.02 Å². The molecule has 0 spiro atoms. The summed E-state index contributed by atoms with van der Waals surface area (Å²) in [4.78, 5) is 15.1. The molecule has 12 heteroatoms. The molecule has 2 aromatic carbocycles. The summed E-state index contributed by atoms with van der Waals surface area (Å²) < 4.78 is 67.3. The van der Waals surface area contributed by atoms with Crippen LogP contribution < -0.4 is 15.2 Å². The first kappa shape index (κ1) is 23.5. The second-order valence-corrected chi connectivity index (χ2v) is 8.44. The largest absolute Gasteiger partial charge is 0.454 e. The summed E-state index contributed by atoms with van der Waals surface area (Å²) in [6, 6.07) is 12.1. The topological polar surface area (TPSA) is 111 Å². The van der Waals surface area contributed by atoms with Crippen molar-refractivity contribution in [3.05, 3.63) is 77.1 Å². The van der Waals surface area contributed by atoms with Crippen LogP contribution in [0.5, 0.6) is 11.5 Å². The second kappa shape index (κ2) is 9.15. The second-order valence-electron chi connectivity index (χ2n) is 6.50. The molecule has 0 unspecified atom stereocenters. The summed E-state index contributed by atoms with van der Waals surface area (Å²) in [5.41, 5.74) is -0.440. The third-order valence-corrected chi connectivity index (χ3v) is 5.40. The molecular formula is C20H15ClF3N3O4S. The zero-order valence-electron chi connectivity index (χ0n) is 16.1. The van der Waals surface area contributed by atoms with E-state index >= 15 is 0 Å². The molecule has 0 aliphatic rings. The molecule has 3 N–H and O–H groups in total. The lowest BCUT2D eigenvalue weighted by molar-refractivity contribution is -0.141. The van der Waals surface area contributed by atoms with E-state index in [1.165, 1.54) is 12.1 Å². The molecule has 0 saturated heterocycles. The number of carbonyl (C=O) groups excluding carboxylic acids is 1. The predicted molar refractivity (Wildman–Crippen MR) is 111 cm³/mol. The molecular weight excluding hydrogens is 471 g/mol. The van der Waals surface area contributed by atoms with Crippen LogP contribution in [-0.2, 0) is 27.4 Å². The van der Waals surface area contributed by atoms with Gasteiger partial charge in [-0.05, 0) is 42.0 Å². The number of pyridine rings is 1. The summed E-state index contributed by atoms with van der Waals surface area (Å²) in [6.45, 7) is 0. The highest BCUT2D eigenvalue weighted by Crippen LogP contribution is 2.32. The highest BCUT2D eigenvalue weighted by molar-refractivity contribution is 7.89. The Balaban J connectivity index is 1.82. The van der Waals surface area contributed by atoms with E-state index in [1.807, 2.05) is 0 Å². The van der Waals surface area contributed by atoms with Crippen molar-refractivity contribution in [3.63, 3.8) is 0 Å². The van der Waals surface area contributed by atoms with Gasteiger partial charge in [0.1, 0.15) is 22.1 Å². The summed E-state index contributed by atoms with van der Waals surface area (Å²) >= 11 is 6.03. The van der Waals surface area contributed by atoms with Gasteiger partial charge in [-0.3, -0.25) is 4.79 Å². The predicted octanol–water partition coefficient (Wildman–Crippen LogP) is 4.37. The number of hydrogen-bond donors (Lipinski definition) is 2. The average molecular weight is 486 g/mol. The van der Waals surface area contributed by atoms with Crippen LogP contribution in [0.3, 0.4) is 0 Å². The third kappa shape index (κ3) is 5.96. The lowest BCUT2D eigenvalue weighted by atomic mass is 10.1. The summed E-state index contributed by atoms with van der Waals surface area (Å²) in [6.07, 6.45) is -3.89. The van der Waals surface area contributed by atoms with Crippen molar-refractivity contribution in [1.82, 2.24) is 4.98 Å². The van der Waals surface area contributed by atoms with E-state index in [1.54, 1.807) is 24.3 Å². The first-order valence-corrected chi connectivity index (χ1v) is 10.8. The molecule has 0 aliphatic carbocycles. The Labute approximate surface area is 186 Å². The van der Waals surface area contributed by atoms with Crippen LogP contribution in [0.4, 0.5) is 18.9 Å². The number of anilines is 1. The van der Waals surface area contributed by atoms with Gasteiger partial charge in [0.2, 0.25) is 15.9 Å². The Morgan fingerprint density at radius 1 is 1.12 bits per heavy atom. The Morgan fingerprint density at radius 3 is 2.44 bits per heavy atom. The number of ether oxygens (including phenoxy) is 1. The lowest BCUT2D eigenvalue weighted by Crippen LogP contribution is -2.17. The molecule has 0 aliphatic heterocycles. The number of alkyl halides is 3. The maximum atomic E-state index is 12.6. The molecule has 168 valence electrons. The van der Waals surface area contributed by atoms with E-state index in [0.29, 0.717) is 16.7 Å². The lowest BCUT2D eigenvalue weighted by Gasteiger charge is -2.13. The molecule has 0 bridgehead atoms. The number of nitrogens with one attached hydrogen (secondary N) is 1. The zero-order chi connectivity index (χ0) is 23.5. The van der Waals surface area contributed by atoms with Gasteiger partial charge in [-0.25, -0.2) is 18.5 Å². The minimum absolute atomic E-state index is 0.0557. The minimum Gasteiger partial charge on any atom is -0.454 e. The summed E-state index contributed by atoms with van der Waals surface area (Å²) in [5, 5.41) is 8.17. The van der Waals surface area contributed by atoms with Gasteiger partial charge in [0.15, 0.2) is 0 Å². The van der Waals surface area contributed by atoms with Crippen LogP contribution in [0.1, 0.15) is 11.3 Å². The molecule has 7 nitrogen and oxygen atoms in total. The highest BCUT2D eigenvalue weighted by atomic mass is 35.5. The number of halogens is 4. The number of primary sulfonamides is 1. The maximum absolute atomic E-state index is 12.6. The molecule has 3 aromatic rings. The highest BCUT2D eigenvalue weighted by Gasteiger charge is 2.32. The van der Waals surface area contributed by atoms with Crippen molar-refractivity contribution in [2.45, 2.75) is 17.5 Å². The number of nitrogens with two attached hydrogens (primary N) is 1. The van der Waals surface area contributed by atoms with Gasteiger partial charge in [-0.15, -0.1) is 0 Å². The Morgan fingerprint density at radius 2 is 1.84 bits per heavy atom. The van der Waals surface area contributed by atoms with Crippen LogP contribution in [0.25, 0.3) is 0 Å². The number of amides is 1. The molecule has 0 fully saturated rings. The Kier molecular flexibility index (Phi) is 6.72. The number of sulfonamides is 1. The number of carbonyl (C=O) groups is 1. The fourth-order valence-corrected chi connectivity index (χ4v) is 3.53. The molecule has 1 amide bonds. The molecule has 1 heterocycles. The van der Waals surface area contributed by atoms with Crippen LogP contribution in [0.15, 0.2) is 65.7 Å². The molecule has 0 saturated carbocycles. The van der Waals surface area contributed by atoms with Gasteiger partial charge in [-0.2, -0.15) is 13.2 Å². The van der Waals surface area contributed by atoms with E-state index in [-0.39, 0.29) is 23.6 Å². The van der Waals surface area contributed by atoms with Crippen molar-refractivity contribution < 1.29 is 31.1 Å². The fourth-order valence-electron chi connectivity index (χ4n) is 2.65. The number of benzene rings is 2. The van der Waals surface area contributed by atoms with E-state index < -0.39 is 32.7 Å². The maximum Gasteiger partial charge on any atom is 0.433 e. The van der Waals surface area contributed by atoms with Crippen molar-refractivity contribution >= 4 is 33.2 Å². The Hall–Kier alpha value is -3.15. The average Bonchev–Trinajstić information content (AvgIpc) is 2.70. The smallest absolute Gasteiger partial charge is 0.433 e. The van der Waals surface area contributed by atoms with Crippen molar-refractivity contribution in [3.8, 4) is 11.5 Å². The van der Waals surface area contributed by atoms with Crippen molar-refractivity contribution in [2.75, 3.05) is 5.32 Å². The molecule has 3 rings (SSSR count). The van der Waals surface area contributed by atoms with Gasteiger partial charge >= 0.3 is 6.18 Å². The van der Waals surface area contributed by atoms with Gasteiger partial charge < -0.3 is 10.1 Å². The third-order valence-electron chi connectivity index (χ3n) is 4.10. The summed E-state index contributed by atoms with van der Waals surface area (Å²) in [7, 11) is -4.31. The van der Waals surface area contributed by atoms with Crippen LogP contribution in [0, 0.1) is 0 Å². The fraction of sp³-hybridized carbons (Fsp3) is 0.100. The van der Waals surface area contributed by atoms with Gasteiger partial charge in [0, 0.05) is 10.7 Å². The minimum atomic E-state index is -4.63. The first-order chi connectivity index (χ1) is 14.9. The van der Waals surface area contributed by atoms with E-state index in [2.05, 4.69) is 10.3 Å². The van der Waals surface area contributed by atoms with Gasteiger partial charge in [0.25, 0.3) is 0 Å². The van der Waals surface area contributed by atoms with Crippen molar-refractivity contribution in [1.29, 1.82) is 0 Å². The van der Waals surface area contributed by atoms with Crippen molar-refractivity contribution in [2.24, 2.45) is 5.14 Å². The number of nitrogens with zero attached hydrogens (tertiary/aromatic N) is 1. The number of hydrogen-bond acceptors (Lipinski definition) is 5. The van der Waals surface area contributed by atoms with Gasteiger partial charge in [-0.1, -0.05) is 29.8 Å². The van der Waals surface area contributed by atoms with E-state index in [0.717, 1.165) is 18.3 Å². The SMILES string of the molecule is NS(=O)(=O)c1cc(NC(=O)Cc2ccccc2Cl)ccc1Oc1ccc(C(F)(F)F)nc1. The van der Waals surface area contributed by atoms with Gasteiger partial charge in [0.05, 0.1) is 12.6 Å². The molecule has 0 atom stereocenters. The van der Waals surface area contributed by atoms with E-state index in [9.17, 15) is 26.4 Å². The number of rotatable bonds is 6. The summed E-state index contributed by atoms with van der Waals surface area (Å²) in [5.74, 6) is -0.851. The van der Waals surface area contributed by atoms with E-state index in [4.69, 9.17) is 21.5 Å². The van der Waals surface area contributed by atoms with Crippen LogP contribution in [-0.4, -0.2) is 19.3 Å². The zero-order valence-corrected chi connectivity index (χ0v) is 17.6. The molecule has 32 heavy (non-hydrogen) atoms. The quantitative estimate of drug-likeness (QED) is 0.538. The monoisotopic (exact) mass is 485 g/mol. The number of aromatic nitrogens is 1.